The molecular formula is C21H28N2O2S. The minimum atomic E-state index is 0.883. The summed E-state index contributed by atoms with van der Waals surface area (Å²) in [6.07, 6.45) is 2.12. The van der Waals surface area contributed by atoms with E-state index in [2.05, 4.69) is 46.4 Å². The zero-order valence-electron chi connectivity index (χ0n) is 15.9. The molecule has 1 heterocycles. The van der Waals surface area contributed by atoms with E-state index in [1.165, 1.54) is 16.0 Å². The maximum Gasteiger partial charge on any atom is 0.123 e. The Morgan fingerprint density at radius 3 is 2.08 bits per heavy atom. The molecule has 0 amide bonds. The van der Waals surface area contributed by atoms with Crippen LogP contribution in [-0.4, -0.2) is 56.5 Å². The fourth-order valence-electron chi connectivity index (χ4n) is 3.34. The van der Waals surface area contributed by atoms with Gasteiger partial charge in [-0.05, 0) is 42.2 Å². The lowest BCUT2D eigenvalue weighted by Crippen LogP contribution is -2.45. The molecule has 3 rings (SSSR count). The van der Waals surface area contributed by atoms with Gasteiger partial charge in [0, 0.05) is 49.7 Å². The predicted molar refractivity (Wildman–Crippen MR) is 108 cm³/mol. The smallest absolute Gasteiger partial charge is 0.123 e. The van der Waals surface area contributed by atoms with E-state index < -0.39 is 0 Å². The van der Waals surface area contributed by atoms with E-state index in [0.717, 1.165) is 50.8 Å². The predicted octanol–water partition coefficient (Wildman–Crippen LogP) is 3.74. The number of methoxy groups -OCH3 is 2. The van der Waals surface area contributed by atoms with Crippen LogP contribution in [0.15, 0.2) is 47.4 Å². The van der Waals surface area contributed by atoms with Crippen molar-refractivity contribution in [2.45, 2.75) is 18.0 Å². The highest BCUT2D eigenvalue weighted by atomic mass is 32.2. The quantitative estimate of drug-likeness (QED) is 0.690. The van der Waals surface area contributed by atoms with Gasteiger partial charge in [-0.25, -0.2) is 0 Å². The first kappa shape index (κ1) is 19.1. The number of rotatable bonds is 7. The second-order valence-corrected chi connectivity index (χ2v) is 7.46. The van der Waals surface area contributed by atoms with Crippen LogP contribution in [0.2, 0.25) is 0 Å². The van der Waals surface area contributed by atoms with Crippen LogP contribution in [0.25, 0.3) is 0 Å². The molecule has 2 aromatic rings. The van der Waals surface area contributed by atoms with Crippen molar-refractivity contribution in [2.75, 3.05) is 46.7 Å². The van der Waals surface area contributed by atoms with Gasteiger partial charge in [-0.15, -0.1) is 11.8 Å². The molecular weight excluding hydrogens is 344 g/mol. The molecule has 1 fully saturated rings. The first-order valence-corrected chi connectivity index (χ1v) is 10.2. The average molecular weight is 373 g/mol. The van der Waals surface area contributed by atoms with Crippen molar-refractivity contribution in [1.82, 2.24) is 9.80 Å². The Labute approximate surface area is 161 Å². The van der Waals surface area contributed by atoms with E-state index in [4.69, 9.17) is 9.47 Å². The minimum absolute atomic E-state index is 0.883. The van der Waals surface area contributed by atoms with Crippen molar-refractivity contribution in [1.29, 1.82) is 0 Å². The van der Waals surface area contributed by atoms with Crippen molar-refractivity contribution < 1.29 is 9.47 Å². The Morgan fingerprint density at radius 1 is 0.846 bits per heavy atom. The fraction of sp³-hybridized carbons (Fsp3) is 0.429. The van der Waals surface area contributed by atoms with E-state index in [-0.39, 0.29) is 0 Å². The average Bonchev–Trinajstić information content (AvgIpc) is 2.70. The van der Waals surface area contributed by atoms with E-state index in [1.54, 1.807) is 26.0 Å². The summed E-state index contributed by atoms with van der Waals surface area (Å²) in [5.41, 5.74) is 2.58. The molecule has 0 unspecified atom stereocenters. The lowest BCUT2D eigenvalue weighted by Gasteiger charge is -2.35. The van der Waals surface area contributed by atoms with Gasteiger partial charge < -0.3 is 9.47 Å². The van der Waals surface area contributed by atoms with E-state index in [0.29, 0.717) is 0 Å². The summed E-state index contributed by atoms with van der Waals surface area (Å²) >= 11 is 1.79. The third kappa shape index (κ3) is 4.93. The lowest BCUT2D eigenvalue weighted by atomic mass is 10.1. The largest absolute Gasteiger partial charge is 0.497 e. The normalized spacial score (nSPS) is 15.8. The van der Waals surface area contributed by atoms with Crippen LogP contribution in [0.4, 0.5) is 0 Å². The SMILES string of the molecule is COc1ccc(OC)c(CN2CCN(Cc3ccc(SC)cc3)CC2)c1. The third-order valence-corrected chi connectivity index (χ3v) is 5.66. The highest BCUT2D eigenvalue weighted by molar-refractivity contribution is 7.98. The number of piperazine rings is 1. The summed E-state index contributed by atoms with van der Waals surface area (Å²) in [6, 6.07) is 14.9. The topological polar surface area (TPSA) is 24.9 Å². The second-order valence-electron chi connectivity index (χ2n) is 6.58. The van der Waals surface area contributed by atoms with E-state index in [9.17, 15) is 0 Å². The lowest BCUT2D eigenvalue weighted by molar-refractivity contribution is 0.121. The van der Waals surface area contributed by atoms with Crippen LogP contribution in [0, 0.1) is 0 Å². The summed E-state index contributed by atoms with van der Waals surface area (Å²) < 4.78 is 10.9. The molecule has 0 spiro atoms. The molecule has 140 valence electrons. The van der Waals surface area contributed by atoms with Gasteiger partial charge in [-0.2, -0.15) is 0 Å². The van der Waals surface area contributed by atoms with Crippen LogP contribution >= 0.6 is 11.8 Å². The Bertz CT molecular complexity index is 698. The van der Waals surface area contributed by atoms with Gasteiger partial charge in [0.2, 0.25) is 0 Å². The van der Waals surface area contributed by atoms with Gasteiger partial charge in [0.05, 0.1) is 14.2 Å². The molecule has 0 atom stereocenters. The molecule has 0 N–H and O–H groups in total. The standard InChI is InChI=1S/C21H28N2O2S/c1-24-19-6-9-21(25-2)18(14-19)16-23-12-10-22(11-13-23)15-17-4-7-20(26-3)8-5-17/h4-9,14H,10-13,15-16H2,1-3H3. The first-order chi connectivity index (χ1) is 12.7. The van der Waals surface area contributed by atoms with Gasteiger partial charge in [0.15, 0.2) is 0 Å². The van der Waals surface area contributed by atoms with Gasteiger partial charge in [-0.1, -0.05) is 12.1 Å². The number of nitrogens with zero attached hydrogens (tertiary/aromatic N) is 2. The van der Waals surface area contributed by atoms with Crippen molar-refractivity contribution in [3.05, 3.63) is 53.6 Å². The zero-order chi connectivity index (χ0) is 18.4. The highest BCUT2D eigenvalue weighted by Crippen LogP contribution is 2.26. The van der Waals surface area contributed by atoms with E-state index >= 15 is 0 Å². The summed E-state index contributed by atoms with van der Waals surface area (Å²) in [6.45, 7) is 6.27. The summed E-state index contributed by atoms with van der Waals surface area (Å²) in [7, 11) is 3.43. The first-order valence-electron chi connectivity index (χ1n) is 9.00. The number of benzene rings is 2. The fourth-order valence-corrected chi connectivity index (χ4v) is 3.75. The summed E-state index contributed by atoms with van der Waals surface area (Å²) in [5.74, 6) is 1.82. The molecule has 0 saturated carbocycles. The second kappa shape index (κ2) is 9.31. The minimum Gasteiger partial charge on any atom is -0.497 e. The molecule has 2 aromatic carbocycles. The van der Waals surface area contributed by atoms with Gasteiger partial charge in [0.1, 0.15) is 11.5 Å². The Hall–Kier alpha value is -1.69. The van der Waals surface area contributed by atoms with Crippen molar-refractivity contribution in [3.63, 3.8) is 0 Å². The van der Waals surface area contributed by atoms with Gasteiger partial charge in [-0.3, -0.25) is 9.80 Å². The molecule has 0 aliphatic carbocycles. The number of hydrogen-bond donors (Lipinski definition) is 0. The summed E-state index contributed by atoms with van der Waals surface area (Å²) in [4.78, 5) is 6.35. The van der Waals surface area contributed by atoms with E-state index in [1.807, 2.05) is 12.1 Å². The molecule has 5 heteroatoms. The summed E-state index contributed by atoms with van der Waals surface area (Å²) in [5, 5.41) is 0. The maximum absolute atomic E-state index is 5.51. The van der Waals surface area contributed by atoms with Gasteiger partial charge in [0.25, 0.3) is 0 Å². The molecule has 1 aliphatic rings. The van der Waals surface area contributed by atoms with Crippen molar-refractivity contribution in [2.24, 2.45) is 0 Å². The number of thioether (sulfide) groups is 1. The molecule has 0 radical (unpaired) electrons. The van der Waals surface area contributed by atoms with Crippen molar-refractivity contribution >= 4 is 11.8 Å². The molecule has 1 saturated heterocycles. The highest BCUT2D eigenvalue weighted by Gasteiger charge is 2.18. The van der Waals surface area contributed by atoms with Crippen LogP contribution < -0.4 is 9.47 Å². The van der Waals surface area contributed by atoms with Crippen molar-refractivity contribution in [3.8, 4) is 11.5 Å². The van der Waals surface area contributed by atoms with Crippen LogP contribution in [0.1, 0.15) is 11.1 Å². The maximum atomic E-state index is 5.51. The van der Waals surface area contributed by atoms with Crippen LogP contribution in [0.5, 0.6) is 11.5 Å². The molecule has 1 aliphatic heterocycles. The zero-order valence-corrected chi connectivity index (χ0v) is 16.7. The molecule has 26 heavy (non-hydrogen) atoms. The Kier molecular flexibility index (Phi) is 6.83. The number of hydrogen-bond acceptors (Lipinski definition) is 5. The van der Waals surface area contributed by atoms with Crippen LogP contribution in [0.3, 0.4) is 0 Å². The monoisotopic (exact) mass is 372 g/mol. The number of ether oxygens (including phenoxy) is 2. The molecule has 0 bridgehead atoms. The third-order valence-electron chi connectivity index (χ3n) is 4.91. The Morgan fingerprint density at radius 2 is 1.50 bits per heavy atom. The van der Waals surface area contributed by atoms with Crippen LogP contribution in [-0.2, 0) is 13.1 Å². The van der Waals surface area contributed by atoms with Gasteiger partial charge >= 0.3 is 0 Å². The molecule has 4 nitrogen and oxygen atoms in total. The molecule has 0 aromatic heterocycles. The Balaban J connectivity index is 1.53.